The van der Waals surface area contributed by atoms with Crippen molar-refractivity contribution in [2.45, 2.75) is 38.6 Å². The molecule has 5 heteroatoms. The molecule has 0 aromatic carbocycles. The number of oxime groups is 1. The Morgan fingerprint density at radius 3 is 2.33 bits per heavy atom. The molecule has 0 unspecified atom stereocenters. The first-order valence-corrected chi connectivity index (χ1v) is 6.99. The minimum absolute atomic E-state index is 0.301. The summed E-state index contributed by atoms with van der Waals surface area (Å²) in [6.45, 7) is 9.48. The molecule has 0 aromatic rings. The van der Waals surface area contributed by atoms with Gasteiger partial charge in [-0.15, -0.1) is 0 Å². The van der Waals surface area contributed by atoms with Crippen molar-refractivity contribution in [2.75, 3.05) is 32.7 Å². The van der Waals surface area contributed by atoms with Gasteiger partial charge in [-0.3, -0.25) is 4.90 Å². The van der Waals surface area contributed by atoms with Crippen molar-refractivity contribution in [3.63, 3.8) is 0 Å². The molecule has 2 rings (SSSR count). The van der Waals surface area contributed by atoms with Gasteiger partial charge in [0.25, 0.3) is 0 Å². The van der Waals surface area contributed by atoms with Crippen LogP contribution in [0.5, 0.6) is 0 Å². The third kappa shape index (κ3) is 2.78. The van der Waals surface area contributed by atoms with Gasteiger partial charge in [-0.05, 0) is 32.6 Å². The van der Waals surface area contributed by atoms with E-state index in [1.165, 1.54) is 25.8 Å². The van der Waals surface area contributed by atoms with Crippen molar-refractivity contribution in [1.82, 2.24) is 9.80 Å². The zero-order valence-corrected chi connectivity index (χ0v) is 11.6. The Balaban J connectivity index is 1.82. The molecule has 0 aromatic heterocycles. The number of amidine groups is 1. The Hall–Kier alpha value is -0.810. The monoisotopic (exact) mass is 254 g/mol. The van der Waals surface area contributed by atoms with Crippen LogP contribution < -0.4 is 5.73 Å². The fourth-order valence-corrected chi connectivity index (χ4v) is 2.81. The summed E-state index contributed by atoms with van der Waals surface area (Å²) < 4.78 is 0. The van der Waals surface area contributed by atoms with E-state index in [0.29, 0.717) is 5.84 Å². The molecule has 104 valence electrons. The van der Waals surface area contributed by atoms with E-state index in [2.05, 4.69) is 15.0 Å². The average Bonchev–Trinajstić information content (AvgIpc) is 2.33. The Kier molecular flexibility index (Phi) is 4.12. The lowest BCUT2D eigenvalue weighted by Crippen LogP contribution is -2.60. The zero-order chi connectivity index (χ0) is 13.2. The fourth-order valence-electron chi connectivity index (χ4n) is 2.81. The average molecular weight is 254 g/mol. The van der Waals surface area contributed by atoms with Gasteiger partial charge in [0.15, 0.2) is 5.84 Å². The van der Waals surface area contributed by atoms with E-state index >= 15 is 0 Å². The van der Waals surface area contributed by atoms with Gasteiger partial charge in [-0.2, -0.15) is 0 Å². The molecule has 5 nitrogen and oxygen atoms in total. The highest BCUT2D eigenvalue weighted by Crippen LogP contribution is 2.27. The summed E-state index contributed by atoms with van der Waals surface area (Å²) in [4.78, 5) is 4.86. The molecule has 0 atom stereocenters. The second kappa shape index (κ2) is 5.45. The summed E-state index contributed by atoms with van der Waals surface area (Å²) in [6.07, 6.45) is 4.24. The Morgan fingerprint density at radius 1 is 1.28 bits per heavy atom. The fraction of sp³-hybridized carbons (Fsp3) is 0.923. The Bertz CT molecular complexity index is 304. The molecule has 0 amide bonds. The molecule has 1 heterocycles. The van der Waals surface area contributed by atoms with Gasteiger partial charge >= 0.3 is 0 Å². The van der Waals surface area contributed by atoms with Crippen LogP contribution in [-0.4, -0.2) is 59.1 Å². The quantitative estimate of drug-likeness (QED) is 0.339. The van der Waals surface area contributed by atoms with Crippen molar-refractivity contribution in [2.24, 2.45) is 16.8 Å². The molecule has 0 bridgehead atoms. The summed E-state index contributed by atoms with van der Waals surface area (Å²) >= 11 is 0. The van der Waals surface area contributed by atoms with Gasteiger partial charge < -0.3 is 15.8 Å². The standard InChI is InChI=1S/C13H26N4O/c1-13(2,12(14)15-18)17-8-6-16(7-9-17)10-11-4-3-5-11/h11,18H,3-10H2,1-2H3,(H2,14,15). The second-order valence-electron chi connectivity index (χ2n) is 6.13. The molecule has 1 aliphatic heterocycles. The topological polar surface area (TPSA) is 65.1 Å². The summed E-state index contributed by atoms with van der Waals surface area (Å²) in [5.41, 5.74) is 5.42. The van der Waals surface area contributed by atoms with Crippen LogP contribution in [0, 0.1) is 5.92 Å². The molecule has 1 aliphatic carbocycles. The SMILES string of the molecule is CC(C)(C(N)=NO)N1CCN(CC2CCC2)CC1. The van der Waals surface area contributed by atoms with E-state index in [9.17, 15) is 0 Å². The number of hydrogen-bond acceptors (Lipinski definition) is 4. The molecule has 0 spiro atoms. The molecule has 2 aliphatic rings. The van der Waals surface area contributed by atoms with Crippen LogP contribution in [-0.2, 0) is 0 Å². The van der Waals surface area contributed by atoms with Crippen LogP contribution in [0.15, 0.2) is 5.16 Å². The molecular weight excluding hydrogens is 228 g/mol. The molecule has 2 fully saturated rings. The van der Waals surface area contributed by atoms with Crippen molar-refractivity contribution in [1.29, 1.82) is 0 Å². The third-order valence-electron chi connectivity index (χ3n) is 4.64. The van der Waals surface area contributed by atoms with E-state index in [0.717, 1.165) is 32.1 Å². The predicted octanol–water partition coefficient (Wildman–Crippen LogP) is 0.929. The van der Waals surface area contributed by atoms with Crippen molar-refractivity contribution in [3.8, 4) is 0 Å². The lowest BCUT2D eigenvalue weighted by molar-refractivity contribution is 0.0650. The van der Waals surface area contributed by atoms with Gasteiger partial charge in [0.1, 0.15) is 0 Å². The van der Waals surface area contributed by atoms with Crippen molar-refractivity contribution in [3.05, 3.63) is 0 Å². The predicted molar refractivity (Wildman–Crippen MR) is 72.8 cm³/mol. The second-order valence-corrected chi connectivity index (χ2v) is 6.13. The van der Waals surface area contributed by atoms with E-state index in [1.54, 1.807) is 0 Å². The first kappa shape index (κ1) is 13.6. The molecule has 1 saturated carbocycles. The molecule has 1 saturated heterocycles. The highest BCUT2D eigenvalue weighted by Gasteiger charge is 2.34. The van der Waals surface area contributed by atoms with Gasteiger partial charge in [0, 0.05) is 32.7 Å². The maximum atomic E-state index is 8.84. The normalized spacial score (nSPS) is 25.1. The molecule has 18 heavy (non-hydrogen) atoms. The van der Waals surface area contributed by atoms with Crippen molar-refractivity contribution >= 4 is 5.84 Å². The number of piperazine rings is 1. The minimum Gasteiger partial charge on any atom is -0.409 e. The lowest BCUT2D eigenvalue weighted by Gasteiger charge is -2.44. The van der Waals surface area contributed by atoms with E-state index in [-0.39, 0.29) is 5.54 Å². The number of rotatable bonds is 4. The number of nitrogens with two attached hydrogens (primary N) is 1. The van der Waals surface area contributed by atoms with Crippen LogP contribution in [0.1, 0.15) is 33.1 Å². The number of hydrogen-bond donors (Lipinski definition) is 2. The first-order chi connectivity index (χ1) is 8.54. The van der Waals surface area contributed by atoms with Crippen LogP contribution in [0.2, 0.25) is 0 Å². The maximum absolute atomic E-state index is 8.84. The largest absolute Gasteiger partial charge is 0.409 e. The molecule has 3 N–H and O–H groups in total. The van der Waals surface area contributed by atoms with Crippen LogP contribution in [0.4, 0.5) is 0 Å². The smallest absolute Gasteiger partial charge is 0.159 e. The summed E-state index contributed by atoms with van der Waals surface area (Å²) in [5, 5.41) is 12.0. The first-order valence-electron chi connectivity index (χ1n) is 6.99. The summed E-state index contributed by atoms with van der Waals surface area (Å²) in [6, 6.07) is 0. The minimum atomic E-state index is -0.350. The van der Waals surface area contributed by atoms with Gasteiger partial charge in [-0.25, -0.2) is 0 Å². The molecule has 0 radical (unpaired) electrons. The maximum Gasteiger partial charge on any atom is 0.159 e. The van der Waals surface area contributed by atoms with Gasteiger partial charge in [-0.1, -0.05) is 11.6 Å². The van der Waals surface area contributed by atoms with Crippen LogP contribution in [0.3, 0.4) is 0 Å². The van der Waals surface area contributed by atoms with E-state index in [1.807, 2.05) is 13.8 Å². The highest BCUT2D eigenvalue weighted by molar-refractivity contribution is 5.88. The number of nitrogens with zero attached hydrogens (tertiary/aromatic N) is 3. The summed E-state index contributed by atoms with van der Waals surface area (Å²) in [7, 11) is 0. The van der Waals surface area contributed by atoms with Gasteiger partial charge in [0.05, 0.1) is 5.54 Å². The van der Waals surface area contributed by atoms with Crippen LogP contribution in [0.25, 0.3) is 0 Å². The van der Waals surface area contributed by atoms with E-state index < -0.39 is 0 Å². The lowest BCUT2D eigenvalue weighted by atomic mass is 9.85. The highest BCUT2D eigenvalue weighted by atomic mass is 16.4. The summed E-state index contributed by atoms with van der Waals surface area (Å²) in [5.74, 6) is 1.24. The van der Waals surface area contributed by atoms with Crippen molar-refractivity contribution < 1.29 is 5.21 Å². The van der Waals surface area contributed by atoms with Crippen LogP contribution >= 0.6 is 0 Å². The zero-order valence-electron chi connectivity index (χ0n) is 11.6. The van der Waals surface area contributed by atoms with Gasteiger partial charge in [0.2, 0.25) is 0 Å². The Labute approximate surface area is 110 Å². The third-order valence-corrected chi connectivity index (χ3v) is 4.64. The Morgan fingerprint density at radius 2 is 1.89 bits per heavy atom. The van der Waals surface area contributed by atoms with E-state index in [4.69, 9.17) is 10.9 Å². The molecular formula is C13H26N4O.